The lowest BCUT2D eigenvalue weighted by molar-refractivity contribution is 0.113. The van der Waals surface area contributed by atoms with E-state index < -0.39 is 0 Å². The molecule has 1 fully saturated rings. The molecule has 182 valence electrons. The molecule has 0 spiro atoms. The van der Waals surface area contributed by atoms with Crippen LogP contribution in [0.1, 0.15) is 42.6 Å². The average Bonchev–Trinajstić information content (AvgIpc) is 3.57. The zero-order valence-corrected chi connectivity index (χ0v) is 20.3. The van der Waals surface area contributed by atoms with E-state index in [0.29, 0.717) is 5.82 Å². The second-order valence-electron chi connectivity index (χ2n) is 9.22. The van der Waals surface area contributed by atoms with E-state index in [1.54, 1.807) is 0 Å². The van der Waals surface area contributed by atoms with Gasteiger partial charge in [-0.1, -0.05) is 12.1 Å². The molecule has 0 saturated carbocycles. The summed E-state index contributed by atoms with van der Waals surface area (Å²) in [6.45, 7) is 3.70. The average molecular weight is 480 g/mol. The molecule has 1 atom stereocenters. The molecule has 1 aliphatic rings. The van der Waals surface area contributed by atoms with Crippen molar-refractivity contribution in [3.8, 4) is 5.69 Å². The zero-order chi connectivity index (χ0) is 24.5. The van der Waals surface area contributed by atoms with Gasteiger partial charge in [0.15, 0.2) is 0 Å². The summed E-state index contributed by atoms with van der Waals surface area (Å²) in [5.74, 6) is 1.39. The van der Waals surface area contributed by atoms with Gasteiger partial charge in [-0.25, -0.2) is 15.0 Å². The van der Waals surface area contributed by atoms with Crippen LogP contribution in [0.5, 0.6) is 0 Å². The fraction of sp³-hybridized carbons (Fsp3) is 0.286. The van der Waals surface area contributed by atoms with Crippen molar-refractivity contribution in [1.29, 1.82) is 0 Å². The molecule has 1 unspecified atom stereocenters. The number of rotatable bonds is 7. The van der Waals surface area contributed by atoms with Crippen LogP contribution in [-0.4, -0.2) is 37.7 Å². The monoisotopic (exact) mass is 479 g/mol. The first-order chi connectivity index (χ1) is 17.7. The van der Waals surface area contributed by atoms with Crippen LogP contribution < -0.4 is 11.1 Å². The van der Waals surface area contributed by atoms with Gasteiger partial charge in [-0.3, -0.25) is 9.55 Å². The first kappa shape index (κ1) is 22.4. The molecule has 6 rings (SSSR count). The van der Waals surface area contributed by atoms with E-state index in [2.05, 4.69) is 68.3 Å². The zero-order valence-electron chi connectivity index (χ0n) is 20.3. The number of pyridine rings is 2. The third kappa shape index (κ3) is 4.24. The minimum atomic E-state index is 0.0211. The van der Waals surface area contributed by atoms with Crippen molar-refractivity contribution < 1.29 is 4.74 Å². The smallest absolute Gasteiger partial charge is 0.150 e. The van der Waals surface area contributed by atoms with Crippen LogP contribution in [-0.2, 0) is 17.6 Å². The number of nitrogens with one attached hydrogen (secondary N) is 1. The minimum Gasteiger partial charge on any atom is -0.383 e. The largest absolute Gasteiger partial charge is 0.383 e. The number of hydrogen-bond acceptors (Lipinski definition) is 7. The molecular formula is C28H29N7O. The Morgan fingerprint density at radius 3 is 2.83 bits per heavy atom. The number of benzene rings is 1. The van der Waals surface area contributed by atoms with Crippen molar-refractivity contribution in [3.05, 3.63) is 78.0 Å². The van der Waals surface area contributed by atoms with Crippen molar-refractivity contribution in [3.63, 3.8) is 0 Å². The van der Waals surface area contributed by atoms with Gasteiger partial charge in [0.05, 0.1) is 28.9 Å². The second-order valence-corrected chi connectivity index (χ2v) is 9.22. The molecule has 3 N–H and O–H groups in total. The first-order valence-corrected chi connectivity index (χ1v) is 12.5. The van der Waals surface area contributed by atoms with Crippen LogP contribution in [0, 0.1) is 0 Å². The molecule has 8 nitrogen and oxygen atoms in total. The standard InChI is InChI=1S/C28H29N7O/c1-2-31-25-10-9-20-8-7-18(13-23(20)34-25)5-6-19-12-21(15-30-14-19)35-16-22(24-4-3-11-36-24)26-27(29)32-17-33-28(26)35/h7-10,12-17,24H,2-6,11H2,1H3,(H,31,34)(H2,29,32,33). The number of nitrogen functional groups attached to an aromatic ring is 1. The van der Waals surface area contributed by atoms with Crippen LogP contribution in [0.3, 0.4) is 0 Å². The summed E-state index contributed by atoms with van der Waals surface area (Å²) in [7, 11) is 0. The first-order valence-electron chi connectivity index (χ1n) is 12.5. The Morgan fingerprint density at radius 1 is 1.08 bits per heavy atom. The lowest BCUT2D eigenvalue weighted by atomic mass is 10.0. The van der Waals surface area contributed by atoms with Crippen LogP contribution in [0.15, 0.2) is 61.3 Å². The van der Waals surface area contributed by atoms with Crippen LogP contribution in [0.2, 0.25) is 0 Å². The SMILES string of the molecule is CCNc1ccc2ccc(CCc3cncc(-n4cc(C5CCCO5)c5c(N)ncnc54)c3)cc2n1. The van der Waals surface area contributed by atoms with Gasteiger partial charge in [0.2, 0.25) is 0 Å². The van der Waals surface area contributed by atoms with E-state index in [9.17, 15) is 0 Å². The molecule has 1 saturated heterocycles. The fourth-order valence-electron chi connectivity index (χ4n) is 5.01. The number of aryl methyl sites for hydroxylation is 2. The van der Waals surface area contributed by atoms with Crippen LogP contribution in [0.4, 0.5) is 11.6 Å². The van der Waals surface area contributed by atoms with E-state index in [1.807, 2.05) is 18.5 Å². The maximum atomic E-state index is 6.28. The maximum Gasteiger partial charge on any atom is 0.150 e. The third-order valence-electron chi connectivity index (χ3n) is 6.79. The topological polar surface area (TPSA) is 104 Å². The highest BCUT2D eigenvalue weighted by atomic mass is 16.5. The van der Waals surface area contributed by atoms with Crippen molar-refractivity contribution in [2.24, 2.45) is 0 Å². The lowest BCUT2D eigenvalue weighted by Gasteiger charge is -2.09. The summed E-state index contributed by atoms with van der Waals surface area (Å²) in [5, 5.41) is 5.30. The van der Waals surface area contributed by atoms with Gasteiger partial charge in [-0.05, 0) is 68.0 Å². The van der Waals surface area contributed by atoms with E-state index >= 15 is 0 Å². The molecular weight excluding hydrogens is 450 g/mol. The molecule has 5 heterocycles. The molecule has 36 heavy (non-hydrogen) atoms. The van der Waals surface area contributed by atoms with E-state index in [1.165, 1.54) is 11.9 Å². The number of anilines is 2. The van der Waals surface area contributed by atoms with E-state index in [0.717, 1.165) is 83.4 Å². The summed E-state index contributed by atoms with van der Waals surface area (Å²) >= 11 is 0. The second kappa shape index (κ2) is 9.54. The van der Waals surface area contributed by atoms with Gasteiger partial charge in [0.1, 0.15) is 23.6 Å². The Hall–Kier alpha value is -4.04. The van der Waals surface area contributed by atoms with Gasteiger partial charge < -0.3 is 15.8 Å². The van der Waals surface area contributed by atoms with Crippen molar-refractivity contribution in [2.45, 2.75) is 38.7 Å². The van der Waals surface area contributed by atoms with E-state index in [-0.39, 0.29) is 6.10 Å². The predicted octanol–water partition coefficient (Wildman–Crippen LogP) is 5.01. The highest BCUT2D eigenvalue weighted by Crippen LogP contribution is 2.37. The molecule has 0 radical (unpaired) electrons. The van der Waals surface area contributed by atoms with Crippen molar-refractivity contribution >= 4 is 33.6 Å². The Kier molecular flexibility index (Phi) is 5.95. The molecule has 5 aromatic rings. The Labute approximate surface area is 209 Å². The molecule has 0 bridgehead atoms. The van der Waals surface area contributed by atoms with Gasteiger partial charge in [0, 0.05) is 36.5 Å². The minimum absolute atomic E-state index is 0.0211. The third-order valence-corrected chi connectivity index (χ3v) is 6.79. The Morgan fingerprint density at radius 2 is 1.97 bits per heavy atom. The molecule has 1 aliphatic heterocycles. The van der Waals surface area contributed by atoms with Gasteiger partial charge in [-0.2, -0.15) is 0 Å². The summed E-state index contributed by atoms with van der Waals surface area (Å²) in [6, 6.07) is 12.8. The van der Waals surface area contributed by atoms with E-state index in [4.69, 9.17) is 15.5 Å². The number of nitrogens with zero attached hydrogens (tertiary/aromatic N) is 5. The molecule has 0 amide bonds. The number of ether oxygens (including phenoxy) is 1. The van der Waals surface area contributed by atoms with Gasteiger partial charge >= 0.3 is 0 Å². The predicted molar refractivity (Wildman–Crippen MR) is 142 cm³/mol. The highest BCUT2D eigenvalue weighted by molar-refractivity contribution is 5.91. The molecule has 8 heteroatoms. The quantitative estimate of drug-likeness (QED) is 0.338. The lowest BCUT2D eigenvalue weighted by Crippen LogP contribution is -2.00. The molecule has 4 aromatic heterocycles. The fourth-order valence-corrected chi connectivity index (χ4v) is 5.01. The normalized spacial score (nSPS) is 15.6. The Bertz CT molecular complexity index is 1540. The summed E-state index contributed by atoms with van der Waals surface area (Å²) in [6.07, 6.45) is 11.2. The maximum absolute atomic E-state index is 6.28. The Balaban J connectivity index is 1.28. The van der Waals surface area contributed by atoms with Crippen molar-refractivity contribution in [2.75, 3.05) is 24.2 Å². The number of fused-ring (bicyclic) bond motifs is 2. The summed E-state index contributed by atoms with van der Waals surface area (Å²) < 4.78 is 8.02. The molecule has 0 aliphatic carbocycles. The van der Waals surface area contributed by atoms with Crippen molar-refractivity contribution in [1.82, 2.24) is 24.5 Å². The van der Waals surface area contributed by atoms with Crippen LogP contribution >= 0.6 is 0 Å². The number of nitrogens with two attached hydrogens (primary N) is 1. The van der Waals surface area contributed by atoms with Gasteiger partial charge in [-0.15, -0.1) is 0 Å². The molecule has 1 aromatic carbocycles. The highest BCUT2D eigenvalue weighted by Gasteiger charge is 2.25. The summed E-state index contributed by atoms with van der Waals surface area (Å²) in [5.41, 5.74) is 12.5. The summed E-state index contributed by atoms with van der Waals surface area (Å²) in [4.78, 5) is 18.1. The number of hydrogen-bond donors (Lipinski definition) is 2. The van der Waals surface area contributed by atoms with Gasteiger partial charge in [0.25, 0.3) is 0 Å². The number of aromatic nitrogens is 5. The van der Waals surface area contributed by atoms with Crippen LogP contribution in [0.25, 0.3) is 27.6 Å².